The maximum absolute atomic E-state index is 12.1. The highest BCUT2D eigenvalue weighted by Crippen LogP contribution is 2.22. The third-order valence-corrected chi connectivity index (χ3v) is 3.70. The normalized spacial score (nSPS) is 18.0. The number of hydrogen-bond donors (Lipinski definition) is 2. The number of carbonyl (C=O) groups is 1. The molecule has 0 bridgehead atoms. The first-order valence-electron chi connectivity index (χ1n) is 7.76. The Kier molecular flexibility index (Phi) is 4.29. The van der Waals surface area contributed by atoms with Crippen molar-refractivity contribution < 1.29 is 9.21 Å². The molecule has 3 heterocycles. The van der Waals surface area contributed by atoms with Crippen LogP contribution in [-0.4, -0.2) is 34.8 Å². The number of carbonyl (C=O) groups excluding carboxylic acids is 1. The molecule has 2 aromatic rings. The molecule has 1 unspecified atom stereocenters. The van der Waals surface area contributed by atoms with Crippen LogP contribution in [0.25, 0.3) is 11.3 Å². The molecule has 1 aliphatic rings. The predicted octanol–water partition coefficient (Wildman–Crippen LogP) is 1.89. The molecule has 1 aliphatic heterocycles. The van der Waals surface area contributed by atoms with Crippen LogP contribution in [-0.2, 0) is 6.54 Å². The van der Waals surface area contributed by atoms with Gasteiger partial charge in [-0.05, 0) is 31.0 Å². The molecule has 1 fully saturated rings. The maximum atomic E-state index is 12.1. The van der Waals surface area contributed by atoms with Crippen LogP contribution in [0.2, 0.25) is 0 Å². The van der Waals surface area contributed by atoms with E-state index >= 15 is 0 Å². The summed E-state index contributed by atoms with van der Waals surface area (Å²) in [6.07, 6.45) is 4.67. The Balaban J connectivity index is 1.67. The van der Waals surface area contributed by atoms with Crippen LogP contribution in [0.5, 0.6) is 0 Å². The topological polar surface area (TPSA) is 72.1 Å². The Morgan fingerprint density at radius 1 is 1.55 bits per heavy atom. The van der Waals surface area contributed by atoms with Crippen molar-refractivity contribution in [1.29, 1.82) is 0 Å². The number of aromatic nitrogens is 2. The van der Waals surface area contributed by atoms with Crippen molar-refractivity contribution in [1.82, 2.24) is 20.4 Å². The molecule has 3 rings (SSSR count). The van der Waals surface area contributed by atoms with Gasteiger partial charge in [-0.3, -0.25) is 9.48 Å². The monoisotopic (exact) mass is 302 g/mol. The molecule has 0 aromatic carbocycles. The van der Waals surface area contributed by atoms with Crippen molar-refractivity contribution >= 4 is 5.91 Å². The molecular weight excluding hydrogens is 280 g/mol. The molecule has 22 heavy (non-hydrogen) atoms. The first kappa shape index (κ1) is 14.8. The van der Waals surface area contributed by atoms with E-state index in [0.717, 1.165) is 31.6 Å². The van der Waals surface area contributed by atoms with Gasteiger partial charge < -0.3 is 15.1 Å². The number of nitrogens with zero attached hydrogens (tertiary/aromatic N) is 2. The summed E-state index contributed by atoms with van der Waals surface area (Å²) < 4.78 is 7.57. The standard InChI is InChI=1S/C16H22N4O2/c1-11(2)9-20-10-12(7-18-20)14-3-4-15(22-14)16(21)19-13-5-6-17-8-13/h3-4,7,10-11,13,17H,5-6,8-9H2,1-2H3,(H,19,21). The van der Waals surface area contributed by atoms with Crippen LogP contribution in [0.4, 0.5) is 0 Å². The molecule has 0 radical (unpaired) electrons. The van der Waals surface area contributed by atoms with E-state index in [0.29, 0.717) is 17.4 Å². The summed E-state index contributed by atoms with van der Waals surface area (Å²) in [4.78, 5) is 12.1. The van der Waals surface area contributed by atoms with Crippen LogP contribution >= 0.6 is 0 Å². The van der Waals surface area contributed by atoms with Gasteiger partial charge in [0.2, 0.25) is 0 Å². The first-order valence-corrected chi connectivity index (χ1v) is 7.76. The number of amides is 1. The Morgan fingerprint density at radius 3 is 3.14 bits per heavy atom. The van der Waals surface area contributed by atoms with Gasteiger partial charge in [-0.2, -0.15) is 5.10 Å². The fraction of sp³-hybridized carbons (Fsp3) is 0.500. The Morgan fingerprint density at radius 2 is 2.41 bits per heavy atom. The van der Waals surface area contributed by atoms with Gasteiger partial charge in [0.1, 0.15) is 5.76 Å². The quantitative estimate of drug-likeness (QED) is 0.885. The van der Waals surface area contributed by atoms with Gasteiger partial charge in [0.25, 0.3) is 5.91 Å². The van der Waals surface area contributed by atoms with E-state index in [1.54, 1.807) is 12.3 Å². The van der Waals surface area contributed by atoms with Crippen molar-refractivity contribution in [2.45, 2.75) is 32.9 Å². The first-order chi connectivity index (χ1) is 10.6. The van der Waals surface area contributed by atoms with E-state index < -0.39 is 0 Å². The lowest BCUT2D eigenvalue weighted by Crippen LogP contribution is -2.35. The van der Waals surface area contributed by atoms with Crippen LogP contribution in [0.3, 0.4) is 0 Å². The molecule has 2 N–H and O–H groups in total. The maximum Gasteiger partial charge on any atom is 0.287 e. The van der Waals surface area contributed by atoms with E-state index in [-0.39, 0.29) is 11.9 Å². The van der Waals surface area contributed by atoms with Gasteiger partial charge in [0, 0.05) is 25.3 Å². The lowest BCUT2D eigenvalue weighted by molar-refractivity contribution is 0.0913. The minimum Gasteiger partial charge on any atom is -0.451 e. The van der Waals surface area contributed by atoms with Crippen LogP contribution in [0.1, 0.15) is 30.8 Å². The highest BCUT2D eigenvalue weighted by atomic mass is 16.3. The summed E-state index contributed by atoms with van der Waals surface area (Å²) >= 11 is 0. The fourth-order valence-corrected chi connectivity index (χ4v) is 2.61. The summed E-state index contributed by atoms with van der Waals surface area (Å²) in [5.74, 6) is 1.39. The van der Waals surface area contributed by atoms with Crippen molar-refractivity contribution in [3.8, 4) is 11.3 Å². The van der Waals surface area contributed by atoms with E-state index in [9.17, 15) is 4.79 Å². The molecular formula is C16H22N4O2. The lowest BCUT2D eigenvalue weighted by atomic mass is 10.2. The van der Waals surface area contributed by atoms with Crippen molar-refractivity contribution in [2.75, 3.05) is 13.1 Å². The minimum absolute atomic E-state index is 0.158. The lowest BCUT2D eigenvalue weighted by Gasteiger charge is -2.09. The minimum atomic E-state index is -0.158. The predicted molar refractivity (Wildman–Crippen MR) is 83.5 cm³/mol. The Labute approximate surface area is 129 Å². The number of nitrogens with one attached hydrogen (secondary N) is 2. The summed E-state index contributed by atoms with van der Waals surface area (Å²) in [5.41, 5.74) is 0.891. The van der Waals surface area contributed by atoms with E-state index in [2.05, 4.69) is 29.6 Å². The van der Waals surface area contributed by atoms with E-state index in [1.165, 1.54) is 0 Å². The van der Waals surface area contributed by atoms with Crippen molar-refractivity contribution in [2.24, 2.45) is 5.92 Å². The van der Waals surface area contributed by atoms with E-state index in [1.807, 2.05) is 16.9 Å². The number of hydrogen-bond acceptors (Lipinski definition) is 4. The molecule has 1 amide bonds. The van der Waals surface area contributed by atoms with Crippen molar-refractivity contribution in [3.63, 3.8) is 0 Å². The van der Waals surface area contributed by atoms with Gasteiger partial charge in [-0.25, -0.2) is 0 Å². The highest BCUT2D eigenvalue weighted by Gasteiger charge is 2.20. The average Bonchev–Trinajstić information content (AvgIpc) is 3.18. The van der Waals surface area contributed by atoms with Gasteiger partial charge in [-0.15, -0.1) is 0 Å². The molecule has 118 valence electrons. The van der Waals surface area contributed by atoms with Crippen LogP contribution < -0.4 is 10.6 Å². The summed E-state index contributed by atoms with van der Waals surface area (Å²) in [6, 6.07) is 3.72. The average molecular weight is 302 g/mol. The number of rotatable bonds is 5. The summed E-state index contributed by atoms with van der Waals surface area (Å²) in [5, 5.41) is 10.5. The molecule has 1 saturated heterocycles. The zero-order chi connectivity index (χ0) is 15.5. The molecule has 2 aromatic heterocycles. The summed E-state index contributed by atoms with van der Waals surface area (Å²) in [6.45, 7) is 6.93. The second kappa shape index (κ2) is 6.36. The molecule has 0 saturated carbocycles. The van der Waals surface area contributed by atoms with Crippen LogP contribution in [0.15, 0.2) is 28.9 Å². The molecule has 0 aliphatic carbocycles. The number of furan rings is 1. The zero-order valence-corrected chi connectivity index (χ0v) is 13.0. The van der Waals surface area contributed by atoms with Gasteiger partial charge >= 0.3 is 0 Å². The van der Waals surface area contributed by atoms with Gasteiger partial charge in [-0.1, -0.05) is 13.8 Å². The van der Waals surface area contributed by atoms with Crippen LogP contribution in [0, 0.1) is 5.92 Å². The zero-order valence-electron chi connectivity index (χ0n) is 13.0. The van der Waals surface area contributed by atoms with Gasteiger partial charge in [0.05, 0.1) is 11.8 Å². The molecule has 6 nitrogen and oxygen atoms in total. The Bertz CT molecular complexity index is 638. The SMILES string of the molecule is CC(C)Cn1cc(-c2ccc(C(=O)NC3CCNC3)o2)cn1. The van der Waals surface area contributed by atoms with Crippen molar-refractivity contribution in [3.05, 3.63) is 30.3 Å². The smallest absolute Gasteiger partial charge is 0.287 e. The van der Waals surface area contributed by atoms with Gasteiger partial charge in [0.15, 0.2) is 5.76 Å². The molecule has 0 spiro atoms. The van der Waals surface area contributed by atoms with E-state index in [4.69, 9.17) is 4.42 Å². The molecule has 6 heteroatoms. The Hall–Kier alpha value is -2.08. The third kappa shape index (κ3) is 3.39. The largest absolute Gasteiger partial charge is 0.451 e. The second-order valence-electron chi connectivity index (χ2n) is 6.17. The summed E-state index contributed by atoms with van der Waals surface area (Å²) in [7, 11) is 0. The highest BCUT2D eigenvalue weighted by molar-refractivity contribution is 5.92. The second-order valence-corrected chi connectivity index (χ2v) is 6.17. The fourth-order valence-electron chi connectivity index (χ4n) is 2.61. The third-order valence-electron chi connectivity index (χ3n) is 3.70. The molecule has 1 atom stereocenters.